The average molecular weight is 224 g/mol. The zero-order chi connectivity index (χ0) is 11.8. The van der Waals surface area contributed by atoms with E-state index in [0.29, 0.717) is 13.0 Å². The number of terminal acetylenes is 1. The van der Waals surface area contributed by atoms with Gasteiger partial charge in [-0.1, -0.05) is 0 Å². The molecule has 3 nitrogen and oxygen atoms in total. The number of hydrogen-bond acceptors (Lipinski definition) is 1. The van der Waals surface area contributed by atoms with Gasteiger partial charge in [0.2, 0.25) is 5.91 Å². The molecule has 1 N–H and O–H groups in total. The maximum atomic E-state index is 11.8. The lowest BCUT2D eigenvalue weighted by molar-refractivity contribution is -0.117. The molecular formula is C14H12N2O. The summed E-state index contributed by atoms with van der Waals surface area (Å²) in [4.78, 5) is 16.7. The zero-order valence-corrected chi connectivity index (χ0v) is 9.31. The van der Waals surface area contributed by atoms with Crippen molar-refractivity contribution in [2.24, 2.45) is 5.92 Å². The van der Waals surface area contributed by atoms with Crippen LogP contribution in [-0.2, 0) is 4.79 Å². The van der Waals surface area contributed by atoms with Crippen LogP contribution >= 0.6 is 0 Å². The fourth-order valence-electron chi connectivity index (χ4n) is 2.28. The van der Waals surface area contributed by atoms with Crippen molar-refractivity contribution < 1.29 is 4.79 Å². The minimum absolute atomic E-state index is 0.0458. The fraction of sp³-hybridized carbons (Fsp3) is 0.214. The van der Waals surface area contributed by atoms with E-state index in [1.165, 1.54) is 0 Å². The van der Waals surface area contributed by atoms with Gasteiger partial charge in [0.05, 0.1) is 0 Å². The molecule has 3 heteroatoms. The van der Waals surface area contributed by atoms with E-state index >= 15 is 0 Å². The van der Waals surface area contributed by atoms with Crippen LogP contribution in [0.15, 0.2) is 30.5 Å². The van der Waals surface area contributed by atoms with Crippen molar-refractivity contribution in [3.8, 4) is 12.3 Å². The second-order valence-electron chi connectivity index (χ2n) is 4.32. The van der Waals surface area contributed by atoms with Crippen LogP contribution in [0.25, 0.3) is 10.9 Å². The van der Waals surface area contributed by atoms with Crippen LogP contribution in [0.5, 0.6) is 0 Å². The highest BCUT2D eigenvalue weighted by Crippen LogP contribution is 2.27. The van der Waals surface area contributed by atoms with E-state index in [1.54, 1.807) is 4.90 Å². The Hall–Kier alpha value is -2.21. The van der Waals surface area contributed by atoms with Gasteiger partial charge in [-0.05, 0) is 24.3 Å². The predicted octanol–water partition coefficient (Wildman–Crippen LogP) is 2.15. The normalized spacial score (nSPS) is 19.8. The topological polar surface area (TPSA) is 36.1 Å². The maximum Gasteiger partial charge on any atom is 0.228 e. The number of H-pyrrole nitrogens is 1. The van der Waals surface area contributed by atoms with E-state index in [0.717, 1.165) is 16.6 Å². The van der Waals surface area contributed by atoms with Crippen molar-refractivity contribution in [3.63, 3.8) is 0 Å². The molecule has 17 heavy (non-hydrogen) atoms. The smallest absolute Gasteiger partial charge is 0.228 e. The first-order chi connectivity index (χ1) is 8.28. The third kappa shape index (κ3) is 1.58. The number of carbonyl (C=O) groups is 1. The molecule has 1 aromatic carbocycles. The molecule has 1 aliphatic rings. The lowest BCUT2D eigenvalue weighted by Gasteiger charge is -2.15. The molecule has 0 radical (unpaired) electrons. The number of fused-ring (bicyclic) bond motifs is 1. The number of aromatic nitrogens is 1. The first-order valence-electron chi connectivity index (χ1n) is 5.61. The quantitative estimate of drug-likeness (QED) is 0.740. The molecule has 84 valence electrons. The van der Waals surface area contributed by atoms with Crippen molar-refractivity contribution in [1.29, 1.82) is 0 Å². The van der Waals surface area contributed by atoms with E-state index in [4.69, 9.17) is 6.42 Å². The van der Waals surface area contributed by atoms with Gasteiger partial charge in [0.1, 0.15) is 0 Å². The number of nitrogens with zero attached hydrogens (tertiary/aromatic N) is 1. The number of aromatic amines is 1. The van der Waals surface area contributed by atoms with Gasteiger partial charge >= 0.3 is 0 Å². The SMILES string of the molecule is C#CC1CC(=O)N(c2ccc3[nH]ccc3c2)C1. The Balaban J connectivity index is 1.98. The van der Waals surface area contributed by atoms with Crippen molar-refractivity contribution in [3.05, 3.63) is 30.5 Å². The van der Waals surface area contributed by atoms with Gasteiger partial charge in [-0.2, -0.15) is 0 Å². The lowest BCUT2D eigenvalue weighted by Crippen LogP contribution is -2.24. The van der Waals surface area contributed by atoms with Crippen LogP contribution in [0.4, 0.5) is 5.69 Å². The number of benzene rings is 1. The number of anilines is 1. The van der Waals surface area contributed by atoms with Gasteiger partial charge in [0, 0.05) is 41.7 Å². The van der Waals surface area contributed by atoms with Gasteiger partial charge in [-0.25, -0.2) is 0 Å². The molecule has 1 saturated heterocycles. The molecule has 1 unspecified atom stereocenters. The molecular weight excluding hydrogens is 212 g/mol. The number of amides is 1. The molecule has 2 heterocycles. The van der Waals surface area contributed by atoms with Gasteiger partial charge < -0.3 is 9.88 Å². The Morgan fingerprint density at radius 2 is 2.29 bits per heavy atom. The van der Waals surface area contributed by atoms with Crippen LogP contribution in [0.3, 0.4) is 0 Å². The second-order valence-corrected chi connectivity index (χ2v) is 4.32. The van der Waals surface area contributed by atoms with Crippen LogP contribution < -0.4 is 4.90 Å². The summed E-state index contributed by atoms with van der Waals surface area (Å²) in [6.07, 6.45) is 7.73. The highest BCUT2D eigenvalue weighted by molar-refractivity contribution is 5.98. The molecule has 2 aromatic rings. The van der Waals surface area contributed by atoms with E-state index in [1.807, 2.05) is 30.5 Å². The van der Waals surface area contributed by atoms with E-state index < -0.39 is 0 Å². The van der Waals surface area contributed by atoms with Crippen LogP contribution in [0.1, 0.15) is 6.42 Å². The molecule has 1 fully saturated rings. The monoisotopic (exact) mass is 224 g/mol. The third-order valence-electron chi connectivity index (χ3n) is 3.21. The molecule has 1 aromatic heterocycles. The van der Waals surface area contributed by atoms with Crippen LogP contribution in [0.2, 0.25) is 0 Å². The Labute approximate surface area is 99.4 Å². The molecule has 1 atom stereocenters. The third-order valence-corrected chi connectivity index (χ3v) is 3.21. The van der Waals surface area contributed by atoms with Crippen LogP contribution in [-0.4, -0.2) is 17.4 Å². The molecule has 1 amide bonds. The number of carbonyl (C=O) groups excluding carboxylic acids is 1. The Bertz CT molecular complexity index is 620. The molecule has 0 saturated carbocycles. The highest BCUT2D eigenvalue weighted by atomic mass is 16.2. The highest BCUT2D eigenvalue weighted by Gasteiger charge is 2.29. The Morgan fingerprint density at radius 3 is 3.06 bits per heavy atom. The predicted molar refractivity (Wildman–Crippen MR) is 67.6 cm³/mol. The van der Waals surface area contributed by atoms with Gasteiger partial charge in [0.15, 0.2) is 0 Å². The summed E-state index contributed by atoms with van der Waals surface area (Å²) < 4.78 is 0. The van der Waals surface area contributed by atoms with Gasteiger partial charge in [-0.15, -0.1) is 12.3 Å². The first-order valence-corrected chi connectivity index (χ1v) is 5.61. The molecule has 3 rings (SSSR count). The summed E-state index contributed by atoms with van der Waals surface area (Å²) in [5, 5.41) is 1.11. The molecule has 0 aliphatic carbocycles. The summed E-state index contributed by atoms with van der Waals surface area (Å²) in [7, 11) is 0. The first kappa shape index (κ1) is 9.98. The fourth-order valence-corrected chi connectivity index (χ4v) is 2.28. The summed E-state index contributed by atoms with van der Waals surface area (Å²) in [5.41, 5.74) is 2.01. The van der Waals surface area contributed by atoms with Crippen molar-refractivity contribution >= 4 is 22.5 Å². The Morgan fingerprint density at radius 1 is 1.41 bits per heavy atom. The molecule has 0 spiro atoms. The summed E-state index contributed by atoms with van der Waals surface area (Å²) >= 11 is 0. The van der Waals surface area contributed by atoms with Crippen molar-refractivity contribution in [1.82, 2.24) is 4.98 Å². The number of nitrogens with one attached hydrogen (secondary N) is 1. The standard InChI is InChI=1S/C14H12N2O/c1-2-10-7-14(17)16(9-10)12-3-4-13-11(8-12)5-6-15-13/h1,3-6,8,10,15H,7,9H2. The lowest BCUT2D eigenvalue weighted by atomic mass is 10.1. The minimum atomic E-state index is 0.0458. The van der Waals surface area contributed by atoms with E-state index in [9.17, 15) is 4.79 Å². The van der Waals surface area contributed by atoms with Crippen LogP contribution in [0, 0.1) is 18.3 Å². The average Bonchev–Trinajstić information content (AvgIpc) is 2.93. The summed E-state index contributed by atoms with van der Waals surface area (Å²) in [6.45, 7) is 0.630. The second kappa shape index (κ2) is 3.67. The van der Waals surface area contributed by atoms with Crippen molar-refractivity contribution in [2.45, 2.75) is 6.42 Å². The summed E-state index contributed by atoms with van der Waals surface area (Å²) in [5.74, 6) is 2.82. The number of rotatable bonds is 1. The maximum absolute atomic E-state index is 11.8. The van der Waals surface area contributed by atoms with Gasteiger partial charge in [-0.3, -0.25) is 4.79 Å². The van der Waals surface area contributed by atoms with Crippen molar-refractivity contribution in [2.75, 3.05) is 11.4 Å². The largest absolute Gasteiger partial charge is 0.361 e. The van der Waals surface area contributed by atoms with Gasteiger partial charge in [0.25, 0.3) is 0 Å². The Kier molecular flexibility index (Phi) is 2.15. The number of hydrogen-bond donors (Lipinski definition) is 1. The van der Waals surface area contributed by atoms with E-state index in [2.05, 4.69) is 10.9 Å². The minimum Gasteiger partial charge on any atom is -0.361 e. The zero-order valence-electron chi connectivity index (χ0n) is 9.31. The molecule has 1 aliphatic heterocycles. The summed E-state index contributed by atoms with van der Waals surface area (Å²) in [6, 6.07) is 7.96. The molecule has 0 bridgehead atoms. The van der Waals surface area contributed by atoms with E-state index in [-0.39, 0.29) is 11.8 Å².